The van der Waals surface area contributed by atoms with Crippen molar-refractivity contribution in [3.63, 3.8) is 0 Å². The Bertz CT molecular complexity index is 1510. The van der Waals surface area contributed by atoms with Gasteiger partial charge in [0.1, 0.15) is 36.6 Å². The van der Waals surface area contributed by atoms with Crippen molar-refractivity contribution in [3.05, 3.63) is 11.6 Å². The number of hydrogen-bond acceptors (Lipinski definition) is 11. The lowest BCUT2D eigenvalue weighted by Crippen LogP contribution is -2.66. The number of carboxylic acids is 2. The van der Waals surface area contributed by atoms with Crippen LogP contribution in [0.5, 0.6) is 0 Å². The highest BCUT2D eigenvalue weighted by atomic mass is 16.7. The molecular formula is C41H64O13. The maximum atomic E-state index is 13.0. The van der Waals surface area contributed by atoms with Gasteiger partial charge in [0.15, 0.2) is 18.7 Å². The number of aliphatic hydroxyl groups excluding tert-OH is 5. The minimum Gasteiger partial charge on any atom is -0.481 e. The summed E-state index contributed by atoms with van der Waals surface area (Å²) in [6.45, 7) is 15.6. The van der Waals surface area contributed by atoms with Gasteiger partial charge >= 0.3 is 11.9 Å². The number of rotatable bonds is 7. The minimum absolute atomic E-state index is 0.0291. The van der Waals surface area contributed by atoms with Gasteiger partial charge in [-0.2, -0.15) is 0 Å². The van der Waals surface area contributed by atoms with Gasteiger partial charge < -0.3 is 54.7 Å². The summed E-state index contributed by atoms with van der Waals surface area (Å²) in [5, 5.41) is 73.2. The van der Waals surface area contributed by atoms with Crippen molar-refractivity contribution in [1.82, 2.24) is 0 Å². The number of fused-ring (bicyclic) bond motifs is 7. The third-order valence-electron chi connectivity index (χ3n) is 16.9. The van der Waals surface area contributed by atoms with E-state index in [2.05, 4.69) is 54.5 Å². The highest BCUT2D eigenvalue weighted by molar-refractivity contribution is 5.76. The lowest BCUT2D eigenvalue weighted by molar-refractivity contribution is -0.342. The van der Waals surface area contributed by atoms with E-state index in [4.69, 9.17) is 18.9 Å². The van der Waals surface area contributed by atoms with Crippen molar-refractivity contribution in [2.45, 2.75) is 174 Å². The zero-order chi connectivity index (χ0) is 39.6. The van der Waals surface area contributed by atoms with Crippen LogP contribution in [0.3, 0.4) is 0 Å². The molecule has 17 atom stereocenters. The Labute approximate surface area is 318 Å². The average molecular weight is 765 g/mol. The third-order valence-corrected chi connectivity index (χ3v) is 16.9. The van der Waals surface area contributed by atoms with Gasteiger partial charge in [0.05, 0.1) is 18.1 Å². The minimum atomic E-state index is -1.80. The van der Waals surface area contributed by atoms with Gasteiger partial charge in [-0.25, -0.2) is 4.79 Å². The second-order valence-electron chi connectivity index (χ2n) is 20.2. The van der Waals surface area contributed by atoms with Crippen LogP contribution in [0.2, 0.25) is 0 Å². The summed E-state index contributed by atoms with van der Waals surface area (Å²) in [6, 6.07) is 0. The maximum Gasteiger partial charge on any atom is 0.335 e. The average Bonchev–Trinajstić information content (AvgIpc) is 3.36. The summed E-state index contributed by atoms with van der Waals surface area (Å²) in [7, 11) is 0. The fourth-order valence-corrected chi connectivity index (χ4v) is 13.4. The predicted molar refractivity (Wildman–Crippen MR) is 192 cm³/mol. The number of allylic oxidation sites excluding steroid dienone is 2. The predicted octanol–water partition coefficient (Wildman–Crippen LogP) is 3.61. The molecule has 306 valence electrons. The van der Waals surface area contributed by atoms with Crippen LogP contribution in [0.1, 0.15) is 113 Å². The van der Waals surface area contributed by atoms with E-state index in [9.17, 15) is 45.3 Å². The number of ether oxygens (including phenoxy) is 4. The van der Waals surface area contributed by atoms with Gasteiger partial charge in [0.2, 0.25) is 0 Å². The second-order valence-corrected chi connectivity index (χ2v) is 20.2. The molecule has 2 heterocycles. The Morgan fingerprint density at radius 1 is 0.778 bits per heavy atom. The molecule has 0 aromatic heterocycles. The molecule has 5 aliphatic carbocycles. The van der Waals surface area contributed by atoms with E-state index in [1.807, 2.05) is 0 Å². The number of aliphatic carboxylic acids is 2. The molecule has 7 N–H and O–H groups in total. The summed E-state index contributed by atoms with van der Waals surface area (Å²) >= 11 is 0. The van der Waals surface area contributed by atoms with Crippen molar-refractivity contribution >= 4 is 11.9 Å². The number of hydrogen-bond donors (Lipinski definition) is 7. The molecule has 4 saturated carbocycles. The van der Waals surface area contributed by atoms with Gasteiger partial charge in [-0.05, 0) is 109 Å². The third kappa shape index (κ3) is 5.80. The SMILES string of the molecule is CC1(C)CC[C@]2(C(=O)O)CC[C@]3(C)C(=CC[C@@H]4[C@@]5(C)CC[C@H](O[C@@H]6O[C@H](C(=O)O)[C@H](O[C@@H]7O[C@@H](CO)[C@H](O)[C@H]7O)[C@H](O)[C@H]6O)C(C)(C)[C@@H]5CC[C@]43C)[C@@H]2C1. The molecule has 0 unspecified atom stereocenters. The number of aliphatic hydroxyl groups is 5. The fourth-order valence-electron chi connectivity index (χ4n) is 13.4. The normalized spacial score (nSPS) is 52.2. The molecule has 13 nitrogen and oxygen atoms in total. The quantitative estimate of drug-likeness (QED) is 0.146. The van der Waals surface area contributed by atoms with Gasteiger partial charge in [-0.1, -0.05) is 60.1 Å². The molecule has 7 aliphatic rings. The molecule has 0 radical (unpaired) electrons. The van der Waals surface area contributed by atoms with Crippen LogP contribution in [0, 0.1) is 50.2 Å². The van der Waals surface area contributed by atoms with E-state index in [0.29, 0.717) is 18.8 Å². The van der Waals surface area contributed by atoms with Gasteiger partial charge in [0, 0.05) is 0 Å². The van der Waals surface area contributed by atoms with Crippen molar-refractivity contribution in [3.8, 4) is 0 Å². The van der Waals surface area contributed by atoms with Crippen LogP contribution in [0.4, 0.5) is 0 Å². The first-order valence-electron chi connectivity index (χ1n) is 20.2. The molecule has 0 spiro atoms. The lowest BCUT2D eigenvalue weighted by Gasteiger charge is -2.71. The first-order chi connectivity index (χ1) is 25.1. The molecule has 6 fully saturated rings. The van der Waals surface area contributed by atoms with Crippen LogP contribution in [-0.2, 0) is 28.5 Å². The zero-order valence-electron chi connectivity index (χ0n) is 32.9. The Kier molecular flexibility index (Phi) is 10.1. The topological polar surface area (TPSA) is 213 Å². The first kappa shape index (κ1) is 40.5. The monoisotopic (exact) mass is 764 g/mol. The molecule has 0 aromatic carbocycles. The van der Waals surface area contributed by atoms with Crippen LogP contribution in [-0.4, -0.2) is 116 Å². The summed E-state index contributed by atoms with van der Waals surface area (Å²) in [4.78, 5) is 25.4. The van der Waals surface area contributed by atoms with E-state index in [1.54, 1.807) is 0 Å². The summed E-state index contributed by atoms with van der Waals surface area (Å²) < 4.78 is 23.3. The Balaban J connectivity index is 1.10. The van der Waals surface area contributed by atoms with Gasteiger partial charge in [-0.15, -0.1) is 0 Å². The summed E-state index contributed by atoms with van der Waals surface area (Å²) in [5.41, 5.74) is 0.157. The molecule has 0 aromatic rings. The number of carboxylic acid groups (broad SMARTS) is 2. The Hall–Kier alpha value is -1.68. The van der Waals surface area contributed by atoms with Gasteiger partial charge in [0.25, 0.3) is 0 Å². The van der Waals surface area contributed by atoms with E-state index in [0.717, 1.165) is 51.4 Å². The molecule has 0 amide bonds. The molecule has 2 aliphatic heterocycles. The zero-order valence-corrected chi connectivity index (χ0v) is 32.9. The molecule has 2 saturated heterocycles. The standard InChI is InChI=1S/C41H64O13/c1-36(2)14-16-41(35(49)50)17-15-39(6)20(21(41)18-36)8-9-24-38(5)12-11-25(37(3,4)23(38)10-13-40(24,39)7)52-34-29(46)27(44)30(31(54-34)32(47)48)53-33-28(45)26(43)22(19-42)51-33/h8,21-31,33-34,42-46H,9-19H2,1-7H3,(H,47,48)(H,49,50)/t21-,22-,23-,24+,25-,26-,27+,28+,29+,30+,31-,33-,34+,38-,39+,40+,41-/m0/s1. The largest absolute Gasteiger partial charge is 0.481 e. The highest BCUT2D eigenvalue weighted by Gasteiger charge is 2.69. The molecular weight excluding hydrogens is 700 g/mol. The Morgan fingerprint density at radius 3 is 2.06 bits per heavy atom. The van der Waals surface area contributed by atoms with Crippen molar-refractivity contribution in [1.29, 1.82) is 0 Å². The van der Waals surface area contributed by atoms with Crippen LogP contribution in [0.25, 0.3) is 0 Å². The fraction of sp³-hybridized carbons (Fsp3) is 0.902. The Morgan fingerprint density at radius 2 is 1.43 bits per heavy atom. The smallest absolute Gasteiger partial charge is 0.335 e. The van der Waals surface area contributed by atoms with E-state index < -0.39 is 90.8 Å². The van der Waals surface area contributed by atoms with E-state index in [1.165, 1.54) is 5.57 Å². The van der Waals surface area contributed by atoms with E-state index >= 15 is 0 Å². The molecule has 7 rings (SSSR count). The van der Waals surface area contributed by atoms with Crippen LogP contribution < -0.4 is 0 Å². The van der Waals surface area contributed by atoms with Crippen molar-refractivity contribution in [2.75, 3.05) is 6.61 Å². The summed E-state index contributed by atoms with van der Waals surface area (Å²) in [5.74, 6) is -1.50. The van der Waals surface area contributed by atoms with E-state index in [-0.39, 0.29) is 33.5 Å². The molecule has 0 bridgehead atoms. The highest BCUT2D eigenvalue weighted by Crippen LogP contribution is 2.76. The van der Waals surface area contributed by atoms with Gasteiger partial charge in [-0.3, -0.25) is 4.79 Å². The van der Waals surface area contributed by atoms with Crippen molar-refractivity contribution in [2.24, 2.45) is 50.2 Å². The summed E-state index contributed by atoms with van der Waals surface area (Å²) in [6.07, 6.45) is -3.88. The maximum absolute atomic E-state index is 13.0. The van der Waals surface area contributed by atoms with Crippen LogP contribution >= 0.6 is 0 Å². The molecule has 13 heteroatoms. The molecule has 54 heavy (non-hydrogen) atoms. The van der Waals surface area contributed by atoms with Crippen molar-refractivity contribution < 1.29 is 64.3 Å². The lowest BCUT2D eigenvalue weighted by atomic mass is 9.33. The number of carbonyl (C=O) groups is 2. The first-order valence-corrected chi connectivity index (χ1v) is 20.2. The second kappa shape index (κ2) is 13.4. The van der Waals surface area contributed by atoms with Crippen LogP contribution in [0.15, 0.2) is 11.6 Å².